The SMILES string of the molecule is COCC1CCCN(c2c(F)cc(N)cc2F)C1. The van der Waals surface area contributed by atoms with Gasteiger partial charge in [0.1, 0.15) is 5.69 Å². The number of nitrogens with two attached hydrogens (primary N) is 1. The van der Waals surface area contributed by atoms with Crippen LogP contribution in [0.4, 0.5) is 20.2 Å². The van der Waals surface area contributed by atoms with Crippen molar-refractivity contribution >= 4 is 11.4 Å². The van der Waals surface area contributed by atoms with E-state index in [1.807, 2.05) is 0 Å². The largest absolute Gasteiger partial charge is 0.399 e. The van der Waals surface area contributed by atoms with Crippen molar-refractivity contribution in [2.45, 2.75) is 12.8 Å². The Balaban J connectivity index is 2.20. The lowest BCUT2D eigenvalue weighted by Crippen LogP contribution is -2.38. The van der Waals surface area contributed by atoms with E-state index in [9.17, 15) is 8.78 Å². The zero-order chi connectivity index (χ0) is 13.1. The number of benzene rings is 1. The molecule has 1 atom stereocenters. The first-order chi connectivity index (χ1) is 8.61. The van der Waals surface area contributed by atoms with Crippen molar-refractivity contribution in [1.82, 2.24) is 0 Å². The summed E-state index contributed by atoms with van der Waals surface area (Å²) in [6.45, 7) is 1.90. The van der Waals surface area contributed by atoms with Gasteiger partial charge in [0.25, 0.3) is 0 Å². The lowest BCUT2D eigenvalue weighted by Gasteiger charge is -2.34. The predicted octanol–water partition coefficient (Wildman–Crippen LogP) is 2.41. The Morgan fingerprint density at radius 3 is 2.67 bits per heavy atom. The Kier molecular flexibility index (Phi) is 4.01. The van der Waals surface area contributed by atoms with Crippen LogP contribution in [0.15, 0.2) is 12.1 Å². The van der Waals surface area contributed by atoms with E-state index in [-0.39, 0.29) is 11.4 Å². The first-order valence-corrected chi connectivity index (χ1v) is 6.10. The molecule has 0 aliphatic carbocycles. The van der Waals surface area contributed by atoms with Gasteiger partial charge in [-0.1, -0.05) is 0 Å². The second-order valence-electron chi connectivity index (χ2n) is 4.74. The molecule has 0 radical (unpaired) electrons. The summed E-state index contributed by atoms with van der Waals surface area (Å²) in [6, 6.07) is 2.33. The topological polar surface area (TPSA) is 38.5 Å². The minimum absolute atomic E-state index is 0.0324. The summed E-state index contributed by atoms with van der Waals surface area (Å²) in [7, 11) is 1.64. The molecule has 2 rings (SSSR count). The van der Waals surface area contributed by atoms with Crippen LogP contribution in [0, 0.1) is 17.6 Å². The van der Waals surface area contributed by atoms with Crippen LogP contribution in [0.3, 0.4) is 0 Å². The summed E-state index contributed by atoms with van der Waals surface area (Å²) >= 11 is 0. The number of rotatable bonds is 3. The van der Waals surface area contributed by atoms with Crippen LogP contribution in [0.1, 0.15) is 12.8 Å². The maximum atomic E-state index is 13.8. The summed E-state index contributed by atoms with van der Waals surface area (Å²) in [6.07, 6.45) is 1.94. The average Bonchev–Trinajstić information content (AvgIpc) is 2.28. The number of nitrogens with zero attached hydrogens (tertiary/aromatic N) is 1. The molecule has 0 saturated carbocycles. The number of halogens is 2. The minimum atomic E-state index is -0.592. The summed E-state index contributed by atoms with van der Waals surface area (Å²) < 4.78 is 32.7. The predicted molar refractivity (Wildman–Crippen MR) is 67.6 cm³/mol. The van der Waals surface area contributed by atoms with E-state index in [1.165, 1.54) is 12.1 Å². The summed E-state index contributed by atoms with van der Waals surface area (Å²) in [4.78, 5) is 1.75. The van der Waals surface area contributed by atoms with Crippen LogP contribution in [0.5, 0.6) is 0 Å². The van der Waals surface area contributed by atoms with Gasteiger partial charge in [-0.25, -0.2) is 8.78 Å². The molecule has 1 heterocycles. The maximum Gasteiger partial charge on any atom is 0.151 e. The Hall–Kier alpha value is -1.36. The van der Waals surface area contributed by atoms with Gasteiger partial charge in [0.05, 0.1) is 6.61 Å². The van der Waals surface area contributed by atoms with Gasteiger partial charge >= 0.3 is 0 Å². The number of hydrogen-bond donors (Lipinski definition) is 1. The van der Waals surface area contributed by atoms with E-state index in [0.717, 1.165) is 12.8 Å². The van der Waals surface area contributed by atoms with E-state index >= 15 is 0 Å². The third kappa shape index (κ3) is 2.72. The third-order valence-electron chi connectivity index (χ3n) is 3.28. The van der Waals surface area contributed by atoms with Crippen LogP contribution >= 0.6 is 0 Å². The van der Waals surface area contributed by atoms with Crippen molar-refractivity contribution in [2.75, 3.05) is 37.4 Å². The highest BCUT2D eigenvalue weighted by atomic mass is 19.1. The molecule has 18 heavy (non-hydrogen) atoms. The second-order valence-corrected chi connectivity index (χ2v) is 4.74. The number of hydrogen-bond acceptors (Lipinski definition) is 3. The lowest BCUT2D eigenvalue weighted by atomic mass is 9.98. The molecule has 1 saturated heterocycles. The fraction of sp³-hybridized carbons (Fsp3) is 0.538. The monoisotopic (exact) mass is 256 g/mol. The fourth-order valence-electron chi connectivity index (χ4n) is 2.53. The maximum absolute atomic E-state index is 13.8. The number of piperidine rings is 1. The van der Waals surface area contributed by atoms with E-state index < -0.39 is 11.6 Å². The van der Waals surface area contributed by atoms with E-state index in [1.54, 1.807) is 12.0 Å². The normalized spacial score (nSPS) is 20.2. The summed E-state index contributed by atoms with van der Waals surface area (Å²) in [5, 5.41) is 0. The molecule has 3 nitrogen and oxygen atoms in total. The summed E-state index contributed by atoms with van der Waals surface area (Å²) in [5.41, 5.74) is 5.56. The van der Waals surface area contributed by atoms with E-state index in [0.29, 0.717) is 25.6 Å². The minimum Gasteiger partial charge on any atom is -0.399 e. The highest BCUT2D eigenvalue weighted by Crippen LogP contribution is 2.29. The molecule has 0 aromatic heterocycles. The van der Waals surface area contributed by atoms with Gasteiger partial charge in [0, 0.05) is 25.9 Å². The Morgan fingerprint density at radius 1 is 1.39 bits per heavy atom. The highest BCUT2D eigenvalue weighted by Gasteiger charge is 2.24. The highest BCUT2D eigenvalue weighted by molar-refractivity contribution is 5.56. The van der Waals surface area contributed by atoms with Crippen LogP contribution in [0.2, 0.25) is 0 Å². The molecule has 1 aromatic rings. The molecular weight excluding hydrogens is 238 g/mol. The number of nitrogen functional groups attached to an aromatic ring is 1. The summed E-state index contributed by atoms with van der Waals surface area (Å²) in [5.74, 6) is -0.865. The van der Waals surface area contributed by atoms with Gasteiger partial charge in [-0.2, -0.15) is 0 Å². The van der Waals surface area contributed by atoms with Crippen molar-refractivity contribution < 1.29 is 13.5 Å². The molecular formula is C13H18F2N2O. The van der Waals surface area contributed by atoms with Crippen LogP contribution in [-0.2, 0) is 4.74 Å². The van der Waals surface area contributed by atoms with Crippen LogP contribution < -0.4 is 10.6 Å². The van der Waals surface area contributed by atoms with Crippen molar-refractivity contribution in [2.24, 2.45) is 5.92 Å². The molecule has 0 bridgehead atoms. The molecule has 1 aliphatic rings. The Morgan fingerprint density at radius 2 is 2.06 bits per heavy atom. The fourth-order valence-corrected chi connectivity index (χ4v) is 2.53. The van der Waals surface area contributed by atoms with Gasteiger partial charge in [-0.3, -0.25) is 0 Å². The van der Waals surface area contributed by atoms with Gasteiger partial charge in [0.2, 0.25) is 0 Å². The van der Waals surface area contributed by atoms with Crippen molar-refractivity contribution in [1.29, 1.82) is 0 Å². The molecule has 100 valence electrons. The average molecular weight is 256 g/mol. The van der Waals surface area contributed by atoms with Gasteiger partial charge < -0.3 is 15.4 Å². The first kappa shape index (κ1) is 13.1. The van der Waals surface area contributed by atoms with E-state index in [4.69, 9.17) is 10.5 Å². The van der Waals surface area contributed by atoms with E-state index in [2.05, 4.69) is 0 Å². The Labute approximate surface area is 106 Å². The number of anilines is 2. The van der Waals surface area contributed by atoms with Crippen molar-refractivity contribution in [3.05, 3.63) is 23.8 Å². The zero-order valence-corrected chi connectivity index (χ0v) is 10.5. The lowest BCUT2D eigenvalue weighted by molar-refractivity contribution is 0.143. The zero-order valence-electron chi connectivity index (χ0n) is 10.5. The molecule has 1 unspecified atom stereocenters. The molecule has 0 spiro atoms. The van der Waals surface area contributed by atoms with Gasteiger partial charge in [-0.15, -0.1) is 0 Å². The second kappa shape index (κ2) is 5.52. The Bertz CT molecular complexity index is 400. The van der Waals surface area contributed by atoms with Crippen molar-refractivity contribution in [3.8, 4) is 0 Å². The molecule has 5 heteroatoms. The first-order valence-electron chi connectivity index (χ1n) is 6.10. The molecule has 0 amide bonds. The number of ether oxygens (including phenoxy) is 1. The number of methoxy groups -OCH3 is 1. The van der Waals surface area contributed by atoms with Gasteiger partial charge in [-0.05, 0) is 30.9 Å². The molecule has 1 aliphatic heterocycles. The van der Waals surface area contributed by atoms with Gasteiger partial charge in [0.15, 0.2) is 11.6 Å². The standard InChI is InChI=1S/C13H18F2N2O/c1-18-8-9-3-2-4-17(7-9)13-11(14)5-10(16)6-12(13)15/h5-6,9H,2-4,7-8,16H2,1H3. The van der Waals surface area contributed by atoms with Crippen LogP contribution in [0.25, 0.3) is 0 Å². The van der Waals surface area contributed by atoms with Crippen LogP contribution in [-0.4, -0.2) is 26.8 Å². The smallest absolute Gasteiger partial charge is 0.151 e. The quantitative estimate of drug-likeness (QED) is 0.844. The molecule has 1 fully saturated rings. The third-order valence-corrected chi connectivity index (χ3v) is 3.28. The molecule has 2 N–H and O–H groups in total. The van der Waals surface area contributed by atoms with Crippen molar-refractivity contribution in [3.63, 3.8) is 0 Å². The molecule has 1 aromatic carbocycles.